The Kier molecular flexibility index (Phi) is 9.87. The van der Waals surface area contributed by atoms with Crippen LogP contribution in [0.15, 0.2) is 0 Å². The van der Waals surface area contributed by atoms with Crippen molar-refractivity contribution in [1.82, 2.24) is 4.90 Å². The molecule has 0 amide bonds. The standard InChI is InChI=1S/C44H72ClN/c45-21-22-46-43-19-17-29(23-39-35-13-5-1-9-31(35)27-32-10-2-6-14-36(32)39)25-41(43)42-26-30(18-20-44(42)46)24-40-37-15-7-3-11-33(37)28-34-12-4-8-16-38(34)40/h29-44H,1-28H2. The van der Waals surface area contributed by atoms with Gasteiger partial charge in [-0.2, -0.15) is 0 Å². The number of halogens is 1. The first-order chi connectivity index (χ1) is 22.7. The third-order valence-electron chi connectivity index (χ3n) is 18.2. The minimum Gasteiger partial charge on any atom is -0.296 e. The van der Waals surface area contributed by atoms with Crippen LogP contribution in [0.1, 0.15) is 167 Å². The zero-order valence-electron chi connectivity index (χ0n) is 29.9. The molecule has 1 nitrogen and oxygen atoms in total. The molecule has 260 valence electrons. The van der Waals surface area contributed by atoms with Crippen LogP contribution in [-0.4, -0.2) is 29.4 Å². The van der Waals surface area contributed by atoms with Gasteiger partial charge in [0.15, 0.2) is 0 Å². The lowest BCUT2D eigenvalue weighted by molar-refractivity contribution is -0.0304. The van der Waals surface area contributed by atoms with Crippen molar-refractivity contribution in [2.24, 2.45) is 82.9 Å². The molecule has 0 N–H and O–H groups in total. The lowest BCUT2D eigenvalue weighted by atomic mass is 9.52. The van der Waals surface area contributed by atoms with E-state index in [1.54, 1.807) is 154 Å². The molecule has 9 aliphatic rings. The van der Waals surface area contributed by atoms with Crippen molar-refractivity contribution in [2.45, 2.75) is 179 Å². The molecule has 8 aliphatic carbocycles. The van der Waals surface area contributed by atoms with Gasteiger partial charge in [-0.05, 0) is 173 Å². The summed E-state index contributed by atoms with van der Waals surface area (Å²) in [7, 11) is 0. The van der Waals surface area contributed by atoms with Gasteiger partial charge in [0.25, 0.3) is 0 Å². The maximum absolute atomic E-state index is 6.58. The number of alkyl halides is 1. The van der Waals surface area contributed by atoms with E-state index < -0.39 is 0 Å². The van der Waals surface area contributed by atoms with Gasteiger partial charge in [0.2, 0.25) is 0 Å². The maximum atomic E-state index is 6.58. The van der Waals surface area contributed by atoms with Gasteiger partial charge in [-0.15, -0.1) is 11.6 Å². The fraction of sp³-hybridized carbons (Fsp3) is 1.00. The average molecular weight is 651 g/mol. The number of rotatable bonds is 6. The fourth-order valence-corrected chi connectivity index (χ4v) is 16.9. The number of hydrogen-bond donors (Lipinski definition) is 0. The van der Waals surface area contributed by atoms with Crippen molar-refractivity contribution >= 4 is 11.6 Å². The fourth-order valence-electron chi connectivity index (χ4n) is 16.7. The van der Waals surface area contributed by atoms with E-state index >= 15 is 0 Å². The van der Waals surface area contributed by atoms with Crippen LogP contribution in [0.3, 0.4) is 0 Å². The van der Waals surface area contributed by atoms with E-state index in [0.717, 1.165) is 101 Å². The van der Waals surface area contributed by atoms with Crippen LogP contribution in [0, 0.1) is 82.9 Å². The summed E-state index contributed by atoms with van der Waals surface area (Å²) in [5.41, 5.74) is 0. The van der Waals surface area contributed by atoms with Gasteiger partial charge in [-0.1, -0.05) is 77.0 Å². The minimum absolute atomic E-state index is 0.849. The van der Waals surface area contributed by atoms with Crippen molar-refractivity contribution in [3.8, 4) is 0 Å². The quantitative estimate of drug-likeness (QED) is 0.259. The summed E-state index contributed by atoms with van der Waals surface area (Å²) in [6.45, 7) is 1.17. The molecular formula is C44H72ClN. The molecule has 1 aliphatic heterocycles. The molecule has 0 spiro atoms. The van der Waals surface area contributed by atoms with Crippen molar-refractivity contribution in [3.05, 3.63) is 0 Å². The van der Waals surface area contributed by atoms with Gasteiger partial charge in [0.1, 0.15) is 0 Å². The first-order valence-electron chi connectivity index (χ1n) is 22.1. The number of nitrogens with zero attached hydrogens (tertiary/aromatic N) is 1. The highest BCUT2D eigenvalue weighted by Gasteiger charge is 2.54. The predicted octanol–water partition coefficient (Wildman–Crippen LogP) is 12.2. The number of fused-ring (bicyclic) bond motifs is 7. The van der Waals surface area contributed by atoms with Crippen LogP contribution >= 0.6 is 11.6 Å². The lowest BCUT2D eigenvalue weighted by Gasteiger charge is -2.53. The second kappa shape index (κ2) is 14.1. The number of likely N-dealkylation sites (tertiary alicyclic amines) is 1. The molecule has 0 aromatic heterocycles. The Morgan fingerprint density at radius 2 is 0.761 bits per heavy atom. The maximum Gasteiger partial charge on any atom is 0.0351 e. The highest BCUT2D eigenvalue weighted by Crippen LogP contribution is 2.60. The van der Waals surface area contributed by atoms with Crippen LogP contribution in [0.2, 0.25) is 0 Å². The molecule has 14 atom stereocenters. The molecule has 0 aromatic carbocycles. The van der Waals surface area contributed by atoms with Gasteiger partial charge in [0, 0.05) is 24.5 Å². The first-order valence-corrected chi connectivity index (χ1v) is 22.6. The highest BCUT2D eigenvalue weighted by molar-refractivity contribution is 6.18. The van der Waals surface area contributed by atoms with Crippen molar-refractivity contribution < 1.29 is 0 Å². The molecule has 46 heavy (non-hydrogen) atoms. The summed E-state index contributed by atoms with van der Waals surface area (Å²) >= 11 is 6.58. The summed E-state index contributed by atoms with van der Waals surface area (Å²) in [6.07, 6.45) is 40.9. The van der Waals surface area contributed by atoms with E-state index in [-0.39, 0.29) is 0 Å². The molecule has 0 radical (unpaired) electrons. The Balaban J connectivity index is 0.912. The second-order valence-electron chi connectivity index (χ2n) is 19.9. The molecule has 9 rings (SSSR count). The van der Waals surface area contributed by atoms with Crippen LogP contribution in [0.25, 0.3) is 0 Å². The summed E-state index contributed by atoms with van der Waals surface area (Å²) in [5.74, 6) is 16.0. The van der Waals surface area contributed by atoms with Crippen molar-refractivity contribution in [3.63, 3.8) is 0 Å². The van der Waals surface area contributed by atoms with Crippen molar-refractivity contribution in [1.29, 1.82) is 0 Å². The zero-order chi connectivity index (χ0) is 30.6. The second-order valence-corrected chi connectivity index (χ2v) is 20.2. The van der Waals surface area contributed by atoms with Gasteiger partial charge in [-0.25, -0.2) is 0 Å². The Morgan fingerprint density at radius 1 is 0.391 bits per heavy atom. The molecule has 1 heterocycles. The molecule has 14 unspecified atom stereocenters. The monoisotopic (exact) mass is 650 g/mol. The summed E-state index contributed by atoms with van der Waals surface area (Å²) in [6, 6.07) is 1.75. The van der Waals surface area contributed by atoms with E-state index in [2.05, 4.69) is 4.90 Å². The lowest BCUT2D eigenvalue weighted by Crippen LogP contribution is -2.45. The largest absolute Gasteiger partial charge is 0.296 e. The normalized spacial score (nSPS) is 52.4. The molecular weight excluding hydrogens is 578 g/mol. The SMILES string of the molecule is ClCCN1C2CCC(CC3C4CCCCC4CC4CCCCC43)CC2C2CC(CC3C4CCCCC4CC4CCCCC43)CCC21. The summed E-state index contributed by atoms with van der Waals surface area (Å²) in [4.78, 5) is 3.04. The van der Waals surface area contributed by atoms with E-state index in [1.807, 2.05) is 0 Å². The topological polar surface area (TPSA) is 3.24 Å². The third-order valence-corrected chi connectivity index (χ3v) is 18.3. The Morgan fingerprint density at radius 3 is 1.13 bits per heavy atom. The van der Waals surface area contributed by atoms with E-state index in [0.29, 0.717) is 0 Å². The average Bonchev–Trinajstić information content (AvgIpc) is 3.40. The van der Waals surface area contributed by atoms with Crippen molar-refractivity contribution in [2.75, 3.05) is 12.4 Å². The van der Waals surface area contributed by atoms with Gasteiger partial charge < -0.3 is 0 Å². The van der Waals surface area contributed by atoms with Crippen LogP contribution in [0.4, 0.5) is 0 Å². The Labute approximate surface area is 289 Å². The van der Waals surface area contributed by atoms with Crippen LogP contribution in [0.5, 0.6) is 0 Å². The smallest absolute Gasteiger partial charge is 0.0351 e. The first kappa shape index (κ1) is 32.2. The highest BCUT2D eigenvalue weighted by atomic mass is 35.5. The molecule has 8 saturated carbocycles. The molecule has 2 heteroatoms. The minimum atomic E-state index is 0.849. The third kappa shape index (κ3) is 6.02. The van der Waals surface area contributed by atoms with E-state index in [4.69, 9.17) is 11.6 Å². The van der Waals surface area contributed by atoms with E-state index in [9.17, 15) is 0 Å². The molecule has 1 saturated heterocycles. The van der Waals surface area contributed by atoms with Gasteiger partial charge in [0.05, 0.1) is 0 Å². The molecule has 0 aromatic rings. The Bertz CT molecular complexity index is 890. The summed E-state index contributed by atoms with van der Waals surface area (Å²) < 4.78 is 0. The Hall–Kier alpha value is 0.250. The number of hydrogen-bond acceptors (Lipinski definition) is 1. The zero-order valence-corrected chi connectivity index (χ0v) is 30.6. The van der Waals surface area contributed by atoms with Crippen LogP contribution < -0.4 is 0 Å². The van der Waals surface area contributed by atoms with E-state index in [1.165, 1.54) is 19.4 Å². The molecule has 0 bridgehead atoms. The van der Waals surface area contributed by atoms with Crippen LogP contribution in [-0.2, 0) is 0 Å². The predicted molar refractivity (Wildman–Crippen MR) is 194 cm³/mol. The van der Waals surface area contributed by atoms with Gasteiger partial charge in [-0.3, -0.25) is 4.90 Å². The van der Waals surface area contributed by atoms with Gasteiger partial charge >= 0.3 is 0 Å². The summed E-state index contributed by atoms with van der Waals surface area (Å²) in [5, 5.41) is 0. The molecule has 9 fully saturated rings.